The highest BCUT2D eigenvalue weighted by Crippen LogP contribution is 2.45. The summed E-state index contributed by atoms with van der Waals surface area (Å²) in [5, 5.41) is 4.68. The van der Waals surface area contributed by atoms with Gasteiger partial charge in [0.05, 0.1) is 11.0 Å². The predicted molar refractivity (Wildman–Crippen MR) is 270 cm³/mol. The van der Waals surface area contributed by atoms with Gasteiger partial charge in [0.2, 0.25) is 0 Å². The van der Waals surface area contributed by atoms with Gasteiger partial charge in [-0.25, -0.2) is 15.0 Å². The number of benzene rings is 10. The molecule has 0 aliphatic carbocycles. The summed E-state index contributed by atoms with van der Waals surface area (Å²) in [6, 6.07) is 86.0. The number of para-hydroxylation sites is 2. The van der Waals surface area contributed by atoms with Crippen LogP contribution in [0.3, 0.4) is 0 Å². The molecule has 2 heterocycles. The van der Waals surface area contributed by atoms with Crippen molar-refractivity contribution in [3.8, 4) is 84.4 Å². The Morgan fingerprint density at radius 1 is 0.262 bits per heavy atom. The van der Waals surface area contributed by atoms with Gasteiger partial charge in [0.25, 0.3) is 0 Å². The molecule has 0 unspecified atom stereocenters. The molecule has 0 spiro atoms. The standard InChI is InChI=1S/C61H40N4/c1-5-17-41(18-6-1)44-29-32-46(33-30-44)59-62-60(49-34-31-43-21-13-14-24-47(43)37-49)64-61(63-59)55-40-50(42-19-7-2-8-20-42)39-53(58(55)45-22-9-3-10-23-45)48-35-36-57-54(38-48)52-27-15-16-28-56(52)65(57)51-25-11-4-12-26-51/h1-40H. The zero-order valence-corrected chi connectivity index (χ0v) is 35.4. The van der Waals surface area contributed by atoms with Gasteiger partial charge in [-0.15, -0.1) is 0 Å². The minimum absolute atomic E-state index is 0.602. The number of hydrogen-bond donors (Lipinski definition) is 0. The number of rotatable bonds is 8. The molecule has 0 radical (unpaired) electrons. The van der Waals surface area contributed by atoms with Crippen molar-refractivity contribution in [3.05, 3.63) is 243 Å². The Hall–Kier alpha value is -8.73. The van der Waals surface area contributed by atoms with E-state index < -0.39 is 0 Å². The lowest BCUT2D eigenvalue weighted by Crippen LogP contribution is -2.02. The fourth-order valence-corrected chi connectivity index (χ4v) is 9.28. The smallest absolute Gasteiger partial charge is 0.164 e. The van der Waals surface area contributed by atoms with E-state index in [9.17, 15) is 0 Å². The molecule has 304 valence electrons. The quantitative estimate of drug-likeness (QED) is 0.153. The number of fused-ring (bicyclic) bond motifs is 4. The van der Waals surface area contributed by atoms with Crippen molar-refractivity contribution in [3.63, 3.8) is 0 Å². The molecule has 0 N–H and O–H groups in total. The Kier molecular flexibility index (Phi) is 9.46. The Morgan fingerprint density at radius 2 is 0.754 bits per heavy atom. The number of nitrogens with zero attached hydrogens (tertiary/aromatic N) is 4. The first-order chi connectivity index (χ1) is 32.2. The predicted octanol–water partition coefficient (Wildman–Crippen LogP) is 15.8. The molecule has 0 aliphatic heterocycles. The van der Waals surface area contributed by atoms with E-state index in [0.717, 1.165) is 83.2 Å². The van der Waals surface area contributed by atoms with E-state index in [2.05, 4.69) is 241 Å². The van der Waals surface area contributed by atoms with Crippen LogP contribution >= 0.6 is 0 Å². The number of hydrogen-bond acceptors (Lipinski definition) is 3. The molecule has 0 bridgehead atoms. The highest BCUT2D eigenvalue weighted by molar-refractivity contribution is 6.11. The molecule has 0 atom stereocenters. The molecule has 0 saturated heterocycles. The molecule has 4 nitrogen and oxygen atoms in total. The largest absolute Gasteiger partial charge is 0.309 e. The van der Waals surface area contributed by atoms with Gasteiger partial charge in [-0.3, -0.25) is 0 Å². The van der Waals surface area contributed by atoms with Crippen LogP contribution < -0.4 is 0 Å². The Balaban J connectivity index is 1.13. The fourth-order valence-electron chi connectivity index (χ4n) is 9.28. The van der Waals surface area contributed by atoms with Crippen molar-refractivity contribution in [1.82, 2.24) is 19.5 Å². The summed E-state index contributed by atoms with van der Waals surface area (Å²) < 4.78 is 2.37. The molecule has 0 fully saturated rings. The van der Waals surface area contributed by atoms with E-state index in [4.69, 9.17) is 15.0 Å². The summed E-state index contributed by atoms with van der Waals surface area (Å²) >= 11 is 0. The van der Waals surface area contributed by atoms with Gasteiger partial charge in [0.15, 0.2) is 17.5 Å². The third-order valence-corrected chi connectivity index (χ3v) is 12.4. The lowest BCUT2D eigenvalue weighted by Gasteiger charge is -2.19. The lowest BCUT2D eigenvalue weighted by atomic mass is 9.86. The minimum atomic E-state index is 0.602. The summed E-state index contributed by atoms with van der Waals surface area (Å²) in [6.45, 7) is 0. The van der Waals surface area contributed by atoms with Crippen molar-refractivity contribution >= 4 is 32.6 Å². The van der Waals surface area contributed by atoms with Gasteiger partial charge in [0, 0.05) is 38.7 Å². The third-order valence-electron chi connectivity index (χ3n) is 12.4. The normalized spacial score (nSPS) is 11.4. The van der Waals surface area contributed by atoms with E-state index in [1.165, 1.54) is 16.3 Å². The maximum Gasteiger partial charge on any atom is 0.164 e. The molecule has 4 heteroatoms. The van der Waals surface area contributed by atoms with Crippen LogP contribution in [0.2, 0.25) is 0 Å². The highest BCUT2D eigenvalue weighted by Gasteiger charge is 2.22. The van der Waals surface area contributed by atoms with E-state index in [1.807, 2.05) is 6.07 Å². The van der Waals surface area contributed by atoms with Crippen LogP contribution in [0, 0.1) is 0 Å². The molecule has 65 heavy (non-hydrogen) atoms. The van der Waals surface area contributed by atoms with Crippen molar-refractivity contribution < 1.29 is 0 Å². The van der Waals surface area contributed by atoms with Crippen molar-refractivity contribution in [2.75, 3.05) is 0 Å². The topological polar surface area (TPSA) is 43.6 Å². The maximum atomic E-state index is 5.43. The van der Waals surface area contributed by atoms with E-state index in [-0.39, 0.29) is 0 Å². The second kappa shape index (κ2) is 16.2. The maximum absolute atomic E-state index is 5.43. The van der Waals surface area contributed by atoms with Crippen LogP contribution in [0.25, 0.3) is 117 Å². The number of aromatic nitrogens is 4. The zero-order chi connectivity index (χ0) is 43.1. The van der Waals surface area contributed by atoms with Crippen LogP contribution in [0.15, 0.2) is 243 Å². The van der Waals surface area contributed by atoms with E-state index in [1.54, 1.807) is 0 Å². The summed E-state index contributed by atoms with van der Waals surface area (Å²) in [7, 11) is 0. The first-order valence-corrected chi connectivity index (χ1v) is 22.0. The van der Waals surface area contributed by atoms with Crippen molar-refractivity contribution in [2.45, 2.75) is 0 Å². The van der Waals surface area contributed by atoms with Gasteiger partial charge in [-0.2, -0.15) is 0 Å². The molecular weight excluding hydrogens is 789 g/mol. The van der Waals surface area contributed by atoms with Crippen LogP contribution in [0.1, 0.15) is 0 Å². The monoisotopic (exact) mass is 828 g/mol. The van der Waals surface area contributed by atoms with Gasteiger partial charge < -0.3 is 4.57 Å². The Morgan fingerprint density at radius 3 is 1.48 bits per heavy atom. The molecule has 12 rings (SSSR count). The molecule has 12 aromatic rings. The minimum Gasteiger partial charge on any atom is -0.309 e. The summed E-state index contributed by atoms with van der Waals surface area (Å²) in [6.07, 6.45) is 0. The second-order valence-electron chi connectivity index (χ2n) is 16.4. The van der Waals surface area contributed by atoms with Gasteiger partial charge >= 0.3 is 0 Å². The van der Waals surface area contributed by atoms with Gasteiger partial charge in [-0.05, 0) is 98.2 Å². The molecule has 10 aromatic carbocycles. The van der Waals surface area contributed by atoms with E-state index in [0.29, 0.717) is 17.5 Å². The van der Waals surface area contributed by atoms with Crippen molar-refractivity contribution in [2.24, 2.45) is 0 Å². The van der Waals surface area contributed by atoms with Crippen LogP contribution in [0.5, 0.6) is 0 Å². The van der Waals surface area contributed by atoms with Crippen LogP contribution in [0.4, 0.5) is 0 Å². The molecule has 0 aliphatic rings. The lowest BCUT2D eigenvalue weighted by molar-refractivity contribution is 1.07. The average molecular weight is 829 g/mol. The summed E-state index contributed by atoms with van der Waals surface area (Å²) in [5.41, 5.74) is 15.0. The molecular formula is C61H40N4. The second-order valence-corrected chi connectivity index (χ2v) is 16.4. The van der Waals surface area contributed by atoms with Gasteiger partial charge in [-0.1, -0.05) is 194 Å². The summed E-state index contributed by atoms with van der Waals surface area (Å²) in [4.78, 5) is 16.1. The Labute approximate surface area is 377 Å². The first-order valence-electron chi connectivity index (χ1n) is 22.0. The van der Waals surface area contributed by atoms with Gasteiger partial charge in [0.1, 0.15) is 0 Å². The molecule has 2 aromatic heterocycles. The Bertz CT molecular complexity index is 3670. The summed E-state index contributed by atoms with van der Waals surface area (Å²) in [5.74, 6) is 1.83. The zero-order valence-electron chi connectivity index (χ0n) is 35.4. The van der Waals surface area contributed by atoms with Crippen LogP contribution in [-0.4, -0.2) is 19.5 Å². The fraction of sp³-hybridized carbons (Fsp3) is 0. The van der Waals surface area contributed by atoms with Crippen LogP contribution in [-0.2, 0) is 0 Å². The first kappa shape index (κ1) is 38.0. The SMILES string of the molecule is c1ccc(-c2ccc(-c3nc(-c4ccc5ccccc5c4)nc(-c4cc(-c5ccccc5)cc(-c5ccc6c(c5)c5ccccc5n6-c5ccccc5)c4-c4ccccc4)n3)cc2)cc1. The molecule has 0 saturated carbocycles. The van der Waals surface area contributed by atoms with E-state index >= 15 is 0 Å². The average Bonchev–Trinajstić information content (AvgIpc) is 3.73. The third kappa shape index (κ3) is 7.04. The highest BCUT2D eigenvalue weighted by atomic mass is 15.0. The van der Waals surface area contributed by atoms with Crippen molar-refractivity contribution in [1.29, 1.82) is 0 Å². The molecule has 0 amide bonds.